The Kier molecular flexibility index (Phi) is 5.19. The zero-order chi connectivity index (χ0) is 13.8. The third kappa shape index (κ3) is 3.04. The number of urea groups is 1. The van der Waals surface area contributed by atoms with Crippen molar-refractivity contribution in [3.05, 3.63) is 11.1 Å². The fourth-order valence-corrected chi connectivity index (χ4v) is 2.58. The van der Waals surface area contributed by atoms with Gasteiger partial charge in [-0.05, 0) is 19.3 Å². The highest BCUT2D eigenvalue weighted by Crippen LogP contribution is 2.34. The minimum Gasteiger partial charge on any atom is -0.479 e. The standard InChI is InChI=1S/C12H19BrN2O3/c1-3-5-12(10(16)17)6-4-7-15(12)11(18)14-8-9(2)13/h2-8H2,1H3,(H,14,18)(H,16,17). The minimum absolute atomic E-state index is 0.303. The number of hydrogen-bond donors (Lipinski definition) is 2. The van der Waals surface area contributed by atoms with Crippen molar-refractivity contribution in [2.45, 2.75) is 38.1 Å². The smallest absolute Gasteiger partial charge is 0.329 e. The molecule has 5 nitrogen and oxygen atoms in total. The Morgan fingerprint density at radius 2 is 2.22 bits per heavy atom. The lowest BCUT2D eigenvalue weighted by Crippen LogP contribution is -2.56. The Labute approximate surface area is 115 Å². The first-order valence-electron chi connectivity index (χ1n) is 6.06. The fourth-order valence-electron chi connectivity index (χ4n) is 2.44. The summed E-state index contributed by atoms with van der Waals surface area (Å²) in [7, 11) is 0. The molecule has 2 amide bonds. The average Bonchev–Trinajstić information content (AvgIpc) is 2.71. The molecule has 1 saturated heterocycles. The van der Waals surface area contributed by atoms with Gasteiger partial charge < -0.3 is 15.3 Å². The Morgan fingerprint density at radius 1 is 1.56 bits per heavy atom. The summed E-state index contributed by atoms with van der Waals surface area (Å²) in [6.07, 6.45) is 2.49. The summed E-state index contributed by atoms with van der Waals surface area (Å²) in [5.41, 5.74) is -1.04. The molecular formula is C12H19BrN2O3. The van der Waals surface area contributed by atoms with E-state index in [2.05, 4.69) is 27.8 Å². The Hall–Kier alpha value is -1.04. The lowest BCUT2D eigenvalue weighted by molar-refractivity contribution is -0.148. The summed E-state index contributed by atoms with van der Waals surface area (Å²) in [4.78, 5) is 25.0. The predicted molar refractivity (Wildman–Crippen MR) is 72.7 cm³/mol. The number of carbonyl (C=O) groups excluding carboxylic acids is 1. The van der Waals surface area contributed by atoms with Gasteiger partial charge in [-0.1, -0.05) is 35.9 Å². The zero-order valence-electron chi connectivity index (χ0n) is 10.5. The zero-order valence-corrected chi connectivity index (χ0v) is 12.1. The predicted octanol–water partition coefficient (Wildman–Crippen LogP) is 2.32. The van der Waals surface area contributed by atoms with E-state index >= 15 is 0 Å². The van der Waals surface area contributed by atoms with Crippen molar-refractivity contribution >= 4 is 27.9 Å². The van der Waals surface area contributed by atoms with Crippen LogP contribution in [-0.2, 0) is 4.79 Å². The normalized spacial score (nSPS) is 22.9. The van der Waals surface area contributed by atoms with E-state index < -0.39 is 11.5 Å². The van der Waals surface area contributed by atoms with E-state index in [4.69, 9.17) is 0 Å². The highest BCUT2D eigenvalue weighted by molar-refractivity contribution is 9.11. The van der Waals surface area contributed by atoms with Crippen molar-refractivity contribution < 1.29 is 14.7 Å². The fraction of sp³-hybridized carbons (Fsp3) is 0.667. The maximum absolute atomic E-state index is 12.0. The van der Waals surface area contributed by atoms with E-state index in [9.17, 15) is 14.7 Å². The molecular weight excluding hydrogens is 300 g/mol. The molecule has 1 aliphatic heterocycles. The molecule has 2 N–H and O–H groups in total. The highest BCUT2D eigenvalue weighted by atomic mass is 79.9. The van der Waals surface area contributed by atoms with Crippen LogP contribution in [0.15, 0.2) is 11.1 Å². The number of aliphatic carboxylic acids is 1. The molecule has 6 heteroatoms. The number of halogens is 1. The topological polar surface area (TPSA) is 69.6 Å². The number of likely N-dealkylation sites (tertiary alicyclic amines) is 1. The second-order valence-corrected chi connectivity index (χ2v) is 5.64. The van der Waals surface area contributed by atoms with Gasteiger partial charge in [0.25, 0.3) is 0 Å². The van der Waals surface area contributed by atoms with Crippen LogP contribution in [0.4, 0.5) is 4.79 Å². The highest BCUT2D eigenvalue weighted by Gasteiger charge is 2.49. The van der Waals surface area contributed by atoms with Gasteiger partial charge in [-0.3, -0.25) is 0 Å². The largest absolute Gasteiger partial charge is 0.479 e. The van der Waals surface area contributed by atoms with Gasteiger partial charge >= 0.3 is 12.0 Å². The number of nitrogens with zero attached hydrogens (tertiary/aromatic N) is 1. The molecule has 0 aromatic carbocycles. The molecule has 1 fully saturated rings. The van der Waals surface area contributed by atoms with Crippen molar-refractivity contribution in [2.24, 2.45) is 0 Å². The first-order chi connectivity index (χ1) is 8.44. The van der Waals surface area contributed by atoms with Crippen LogP contribution in [0.3, 0.4) is 0 Å². The van der Waals surface area contributed by atoms with Gasteiger partial charge in [0.1, 0.15) is 5.54 Å². The van der Waals surface area contributed by atoms with Crippen molar-refractivity contribution in [1.29, 1.82) is 0 Å². The number of carboxylic acid groups (broad SMARTS) is 1. The molecule has 0 aromatic rings. The summed E-state index contributed by atoms with van der Waals surface area (Å²) in [5.74, 6) is -0.908. The van der Waals surface area contributed by atoms with Crippen LogP contribution < -0.4 is 5.32 Å². The molecule has 0 aromatic heterocycles. The first kappa shape index (κ1) is 15.0. The molecule has 0 spiro atoms. The Bertz CT molecular complexity index is 359. The van der Waals surface area contributed by atoms with E-state index in [1.54, 1.807) is 0 Å². The number of carboxylic acids is 1. The molecule has 1 heterocycles. The number of hydrogen-bond acceptors (Lipinski definition) is 2. The van der Waals surface area contributed by atoms with Crippen molar-refractivity contribution in [3.63, 3.8) is 0 Å². The van der Waals surface area contributed by atoms with E-state index in [0.717, 1.165) is 12.8 Å². The van der Waals surface area contributed by atoms with Gasteiger partial charge in [0.15, 0.2) is 0 Å². The molecule has 0 radical (unpaired) electrons. The quantitative estimate of drug-likeness (QED) is 0.817. The molecule has 102 valence electrons. The van der Waals surface area contributed by atoms with E-state index in [-0.39, 0.29) is 6.03 Å². The molecule has 1 aliphatic rings. The monoisotopic (exact) mass is 318 g/mol. The molecule has 0 saturated carbocycles. The molecule has 1 rings (SSSR count). The lowest BCUT2D eigenvalue weighted by atomic mass is 9.91. The molecule has 0 aliphatic carbocycles. The second-order valence-electron chi connectivity index (χ2n) is 4.52. The van der Waals surface area contributed by atoms with Crippen LogP contribution in [0, 0.1) is 0 Å². The van der Waals surface area contributed by atoms with Crippen LogP contribution in [0.1, 0.15) is 32.6 Å². The van der Waals surface area contributed by atoms with Gasteiger partial charge in [-0.2, -0.15) is 0 Å². The molecule has 0 bridgehead atoms. The SMILES string of the molecule is C=C(Br)CNC(=O)N1CCCC1(CCC)C(=O)O. The van der Waals surface area contributed by atoms with Crippen molar-refractivity contribution in [2.75, 3.05) is 13.1 Å². The molecule has 1 atom stereocenters. The summed E-state index contributed by atoms with van der Waals surface area (Å²) < 4.78 is 0.659. The Morgan fingerprint density at radius 3 is 2.72 bits per heavy atom. The number of carbonyl (C=O) groups is 2. The molecule has 1 unspecified atom stereocenters. The van der Waals surface area contributed by atoms with Crippen LogP contribution in [0.25, 0.3) is 0 Å². The average molecular weight is 319 g/mol. The van der Waals surface area contributed by atoms with Crippen LogP contribution in [0.5, 0.6) is 0 Å². The minimum atomic E-state index is -1.04. The number of nitrogens with one attached hydrogen (secondary N) is 1. The second kappa shape index (κ2) is 6.22. The number of amides is 2. The maximum atomic E-state index is 12.0. The van der Waals surface area contributed by atoms with Gasteiger partial charge in [0.2, 0.25) is 0 Å². The summed E-state index contributed by atoms with van der Waals surface area (Å²) in [5, 5.41) is 12.1. The summed E-state index contributed by atoms with van der Waals surface area (Å²) in [6, 6.07) is -0.330. The maximum Gasteiger partial charge on any atom is 0.329 e. The van der Waals surface area contributed by atoms with Gasteiger partial charge in [0, 0.05) is 11.0 Å². The van der Waals surface area contributed by atoms with Crippen LogP contribution >= 0.6 is 15.9 Å². The van der Waals surface area contributed by atoms with Gasteiger partial charge in [0.05, 0.1) is 6.54 Å². The Balaban J connectivity index is 2.81. The third-order valence-corrected chi connectivity index (χ3v) is 3.51. The van der Waals surface area contributed by atoms with Crippen molar-refractivity contribution in [1.82, 2.24) is 10.2 Å². The van der Waals surface area contributed by atoms with E-state index in [1.807, 2.05) is 6.92 Å². The van der Waals surface area contributed by atoms with Gasteiger partial charge in [-0.25, -0.2) is 9.59 Å². The van der Waals surface area contributed by atoms with Crippen molar-refractivity contribution in [3.8, 4) is 0 Å². The van der Waals surface area contributed by atoms with Crippen LogP contribution in [-0.4, -0.2) is 40.6 Å². The van der Waals surface area contributed by atoms with Gasteiger partial charge in [-0.15, -0.1) is 0 Å². The first-order valence-corrected chi connectivity index (χ1v) is 6.85. The van der Waals surface area contributed by atoms with E-state index in [0.29, 0.717) is 30.4 Å². The van der Waals surface area contributed by atoms with E-state index in [1.165, 1.54) is 4.90 Å². The lowest BCUT2D eigenvalue weighted by Gasteiger charge is -2.34. The summed E-state index contributed by atoms with van der Waals surface area (Å²) >= 11 is 3.16. The summed E-state index contributed by atoms with van der Waals surface area (Å²) in [6.45, 7) is 6.35. The number of rotatable bonds is 5. The van der Waals surface area contributed by atoms with Crippen LogP contribution in [0.2, 0.25) is 0 Å². The molecule has 18 heavy (non-hydrogen) atoms. The third-order valence-electron chi connectivity index (χ3n) is 3.23.